The minimum Gasteiger partial charge on any atom is -0.351 e. The zero-order valence-electron chi connectivity index (χ0n) is 17.7. The summed E-state index contributed by atoms with van der Waals surface area (Å²) in [5.41, 5.74) is 9.91. The van der Waals surface area contributed by atoms with Gasteiger partial charge in [-0.3, -0.25) is 9.59 Å². The van der Waals surface area contributed by atoms with E-state index in [0.717, 1.165) is 28.7 Å². The molecule has 1 fully saturated rings. The number of benzene rings is 1. The molecule has 164 valence electrons. The van der Waals surface area contributed by atoms with Crippen LogP contribution in [-0.4, -0.2) is 76.1 Å². The lowest BCUT2D eigenvalue weighted by atomic mass is 10.0. The second-order valence-electron chi connectivity index (χ2n) is 7.72. The van der Waals surface area contributed by atoms with Crippen molar-refractivity contribution in [3.63, 3.8) is 0 Å². The molecular weight excluding hydrogens is 399 g/mol. The lowest BCUT2D eigenvalue weighted by Gasteiger charge is -2.20. The monoisotopic (exact) mass is 426 g/mol. The molecule has 31 heavy (non-hydrogen) atoms. The molecule has 0 saturated carbocycles. The number of aromatic nitrogens is 3. The van der Waals surface area contributed by atoms with Crippen LogP contribution in [0.1, 0.15) is 12.0 Å². The van der Waals surface area contributed by atoms with E-state index in [-0.39, 0.29) is 12.5 Å². The molecule has 2 N–H and O–H groups in total. The summed E-state index contributed by atoms with van der Waals surface area (Å²) in [5, 5.41) is 4.09. The first-order valence-electron chi connectivity index (χ1n) is 10.1. The lowest BCUT2D eigenvalue weighted by molar-refractivity contribution is -0.131. The van der Waals surface area contributed by atoms with Crippen molar-refractivity contribution in [2.45, 2.75) is 25.1 Å². The van der Waals surface area contributed by atoms with Crippen molar-refractivity contribution in [1.29, 1.82) is 0 Å². The number of hydrogen-bond acceptors (Lipinski definition) is 5. The van der Waals surface area contributed by atoms with Gasteiger partial charge in [0.1, 0.15) is 12.5 Å². The molecule has 1 aliphatic heterocycles. The Morgan fingerprint density at radius 1 is 1.29 bits per heavy atom. The number of carbonyl (C=O) groups is 2. The molecule has 1 saturated heterocycles. The predicted molar refractivity (Wildman–Crippen MR) is 116 cm³/mol. The van der Waals surface area contributed by atoms with Gasteiger partial charge < -0.3 is 15.5 Å². The van der Waals surface area contributed by atoms with E-state index < -0.39 is 12.2 Å². The van der Waals surface area contributed by atoms with Crippen LogP contribution < -0.4 is 5.73 Å². The molecule has 1 aliphatic rings. The molecule has 0 aliphatic carbocycles. The summed E-state index contributed by atoms with van der Waals surface area (Å²) in [4.78, 5) is 28.9. The second kappa shape index (κ2) is 10.1. The van der Waals surface area contributed by atoms with Crippen LogP contribution in [0, 0.1) is 0 Å². The molecule has 9 heteroatoms. The molecule has 2 amide bonds. The SMILES string of the molecule is CN(C)C=O.N[C@@H](Cc1ccc(-c2ccn3ncnc3c2)cc1)C(=O)N1CC[C@@H](F)C1. The molecular formula is C22H27FN6O2. The van der Waals surface area contributed by atoms with Crippen molar-refractivity contribution in [2.24, 2.45) is 5.73 Å². The van der Waals surface area contributed by atoms with Crippen LogP contribution in [0.3, 0.4) is 0 Å². The third-order valence-electron chi connectivity index (χ3n) is 4.99. The topological polar surface area (TPSA) is 96.8 Å². The maximum absolute atomic E-state index is 13.3. The van der Waals surface area contributed by atoms with Gasteiger partial charge in [-0.05, 0) is 41.7 Å². The number of likely N-dealkylation sites (tertiary alicyclic amines) is 1. The van der Waals surface area contributed by atoms with Crippen molar-refractivity contribution in [1.82, 2.24) is 24.4 Å². The lowest BCUT2D eigenvalue weighted by Crippen LogP contribution is -2.44. The molecule has 0 radical (unpaired) electrons. The number of halogens is 1. The van der Waals surface area contributed by atoms with E-state index in [0.29, 0.717) is 19.4 Å². The van der Waals surface area contributed by atoms with Gasteiger partial charge in [-0.25, -0.2) is 13.9 Å². The fourth-order valence-electron chi connectivity index (χ4n) is 3.32. The second-order valence-corrected chi connectivity index (χ2v) is 7.72. The van der Waals surface area contributed by atoms with Gasteiger partial charge in [0.15, 0.2) is 5.65 Å². The average molecular weight is 426 g/mol. The summed E-state index contributed by atoms with van der Waals surface area (Å²) in [6, 6.07) is 11.3. The first-order chi connectivity index (χ1) is 14.9. The average Bonchev–Trinajstić information content (AvgIpc) is 3.42. The van der Waals surface area contributed by atoms with E-state index in [9.17, 15) is 14.0 Å². The van der Waals surface area contributed by atoms with Crippen LogP contribution in [0.4, 0.5) is 4.39 Å². The van der Waals surface area contributed by atoms with Crippen molar-refractivity contribution in [2.75, 3.05) is 27.2 Å². The molecule has 3 heterocycles. The number of amides is 2. The smallest absolute Gasteiger partial charge is 0.239 e. The minimum atomic E-state index is -0.923. The molecule has 1 aromatic carbocycles. The van der Waals surface area contributed by atoms with E-state index in [1.165, 1.54) is 16.1 Å². The number of carbonyl (C=O) groups excluding carboxylic acids is 2. The molecule has 2 atom stereocenters. The van der Waals surface area contributed by atoms with Crippen molar-refractivity contribution < 1.29 is 14.0 Å². The summed E-state index contributed by atoms with van der Waals surface area (Å²) in [7, 11) is 3.38. The third-order valence-corrected chi connectivity index (χ3v) is 4.99. The quantitative estimate of drug-likeness (QED) is 0.625. The summed E-state index contributed by atoms with van der Waals surface area (Å²) in [6.45, 7) is 0.619. The van der Waals surface area contributed by atoms with E-state index in [1.807, 2.05) is 42.6 Å². The highest BCUT2D eigenvalue weighted by Gasteiger charge is 2.29. The van der Waals surface area contributed by atoms with Gasteiger partial charge in [-0.1, -0.05) is 24.3 Å². The fourth-order valence-corrected chi connectivity index (χ4v) is 3.32. The normalized spacial score (nSPS) is 16.5. The van der Waals surface area contributed by atoms with Gasteiger partial charge in [-0.15, -0.1) is 0 Å². The standard InChI is InChI=1S/C19H20FN5O.C3H7NO/c20-16-6-7-24(11-16)19(26)17(21)9-13-1-3-14(4-2-13)15-5-8-25-18(10-15)22-12-23-25;1-4(2)3-5/h1-5,8,10,12,16-17H,6-7,9,11,21H2;3H,1-2H3/t16-,17+;/m1./s1. The van der Waals surface area contributed by atoms with Gasteiger partial charge >= 0.3 is 0 Å². The molecule has 2 aromatic heterocycles. The van der Waals surface area contributed by atoms with Gasteiger partial charge in [0, 0.05) is 26.8 Å². The van der Waals surface area contributed by atoms with Crippen LogP contribution in [0.2, 0.25) is 0 Å². The van der Waals surface area contributed by atoms with Crippen LogP contribution in [0.15, 0.2) is 48.9 Å². The zero-order valence-corrected chi connectivity index (χ0v) is 17.7. The van der Waals surface area contributed by atoms with E-state index >= 15 is 0 Å². The van der Waals surface area contributed by atoms with Gasteiger partial charge in [0.05, 0.1) is 12.6 Å². The van der Waals surface area contributed by atoms with Crippen molar-refractivity contribution >= 4 is 18.0 Å². The number of alkyl halides is 1. The maximum Gasteiger partial charge on any atom is 0.239 e. The molecule has 0 bridgehead atoms. The minimum absolute atomic E-state index is 0.163. The van der Waals surface area contributed by atoms with Crippen molar-refractivity contribution in [3.8, 4) is 11.1 Å². The van der Waals surface area contributed by atoms with Crippen molar-refractivity contribution in [3.05, 3.63) is 54.5 Å². The Balaban J connectivity index is 0.000000491. The van der Waals surface area contributed by atoms with E-state index in [1.54, 1.807) is 18.6 Å². The molecule has 0 spiro atoms. The Morgan fingerprint density at radius 3 is 2.61 bits per heavy atom. The highest BCUT2D eigenvalue weighted by Crippen LogP contribution is 2.21. The number of nitrogens with two attached hydrogens (primary N) is 1. The number of hydrogen-bond donors (Lipinski definition) is 1. The van der Waals surface area contributed by atoms with Crippen LogP contribution in [0.25, 0.3) is 16.8 Å². The number of pyridine rings is 1. The number of rotatable bonds is 5. The van der Waals surface area contributed by atoms with Gasteiger partial charge in [-0.2, -0.15) is 5.10 Å². The van der Waals surface area contributed by atoms with Crippen LogP contribution in [-0.2, 0) is 16.0 Å². The summed E-state index contributed by atoms with van der Waals surface area (Å²) >= 11 is 0. The van der Waals surface area contributed by atoms with Gasteiger partial charge in [0.2, 0.25) is 12.3 Å². The predicted octanol–water partition coefficient (Wildman–Crippen LogP) is 1.54. The molecule has 0 unspecified atom stereocenters. The highest BCUT2D eigenvalue weighted by molar-refractivity contribution is 5.82. The van der Waals surface area contributed by atoms with E-state index in [2.05, 4.69) is 10.1 Å². The van der Waals surface area contributed by atoms with Crippen LogP contribution in [0.5, 0.6) is 0 Å². The summed E-state index contributed by atoms with van der Waals surface area (Å²) in [5.74, 6) is -0.175. The molecule has 3 aromatic rings. The molecule has 8 nitrogen and oxygen atoms in total. The Hall–Kier alpha value is -3.33. The zero-order chi connectivity index (χ0) is 22.4. The fraction of sp³-hybridized carbons (Fsp3) is 0.364. The maximum atomic E-state index is 13.3. The summed E-state index contributed by atoms with van der Waals surface area (Å²) in [6.07, 6.45) is 4.06. The first kappa shape index (κ1) is 22.4. The molecule has 4 rings (SSSR count). The largest absolute Gasteiger partial charge is 0.351 e. The Morgan fingerprint density at radius 2 is 2.00 bits per heavy atom. The third kappa shape index (κ3) is 5.85. The first-order valence-corrected chi connectivity index (χ1v) is 10.1. The Kier molecular flexibility index (Phi) is 7.30. The Bertz CT molecular complexity index is 1020. The summed E-state index contributed by atoms with van der Waals surface area (Å²) < 4.78 is 15.0. The number of nitrogens with zero attached hydrogens (tertiary/aromatic N) is 5. The highest BCUT2D eigenvalue weighted by atomic mass is 19.1. The van der Waals surface area contributed by atoms with E-state index in [4.69, 9.17) is 5.73 Å². The van der Waals surface area contributed by atoms with Gasteiger partial charge in [0.25, 0.3) is 0 Å². The van der Waals surface area contributed by atoms with Crippen LogP contribution >= 0.6 is 0 Å². The number of fused-ring (bicyclic) bond motifs is 1. The Labute approximate surface area is 180 Å².